The molecule has 0 spiro atoms. The minimum absolute atomic E-state index is 0.00857. The van der Waals surface area contributed by atoms with Gasteiger partial charge in [-0.05, 0) is 25.0 Å². The van der Waals surface area contributed by atoms with Crippen molar-refractivity contribution in [1.82, 2.24) is 0 Å². The number of anilines is 1. The predicted molar refractivity (Wildman–Crippen MR) is 76.3 cm³/mol. The summed E-state index contributed by atoms with van der Waals surface area (Å²) < 4.78 is 5.59. The van der Waals surface area contributed by atoms with Crippen molar-refractivity contribution in [2.75, 3.05) is 11.9 Å². The molecule has 1 aromatic carbocycles. The number of rotatable bonds is 4. The summed E-state index contributed by atoms with van der Waals surface area (Å²) in [6.07, 6.45) is 4.15. The Morgan fingerprint density at radius 1 is 1.37 bits per heavy atom. The highest BCUT2D eigenvalue weighted by Crippen LogP contribution is 2.21. The SMILES string of the molecule is NC1CCCCC1OCC(=O)Nc1ccccc1Cl. The van der Waals surface area contributed by atoms with Crippen LogP contribution in [0.15, 0.2) is 24.3 Å². The normalized spacial score (nSPS) is 23.1. The lowest BCUT2D eigenvalue weighted by molar-refractivity contribution is -0.123. The number of hydrogen-bond acceptors (Lipinski definition) is 3. The first kappa shape index (κ1) is 14.3. The highest BCUT2D eigenvalue weighted by molar-refractivity contribution is 6.33. The number of amides is 1. The first-order valence-electron chi connectivity index (χ1n) is 6.58. The van der Waals surface area contributed by atoms with Gasteiger partial charge in [0.05, 0.1) is 16.8 Å². The Labute approximate surface area is 118 Å². The summed E-state index contributed by atoms with van der Waals surface area (Å²) >= 11 is 5.96. The molecule has 2 atom stereocenters. The molecule has 0 aliphatic heterocycles. The predicted octanol–water partition coefficient (Wildman–Crippen LogP) is 2.57. The van der Waals surface area contributed by atoms with Crippen LogP contribution in [0.4, 0.5) is 5.69 Å². The van der Waals surface area contributed by atoms with Crippen molar-refractivity contribution in [2.45, 2.75) is 37.8 Å². The molecule has 19 heavy (non-hydrogen) atoms. The minimum Gasteiger partial charge on any atom is -0.367 e. The minimum atomic E-state index is -0.203. The van der Waals surface area contributed by atoms with Gasteiger partial charge in [0.25, 0.3) is 0 Å². The largest absolute Gasteiger partial charge is 0.367 e. The van der Waals surface area contributed by atoms with Gasteiger partial charge in [0.2, 0.25) is 5.91 Å². The lowest BCUT2D eigenvalue weighted by Crippen LogP contribution is -2.40. The van der Waals surface area contributed by atoms with E-state index >= 15 is 0 Å². The Balaban J connectivity index is 1.80. The topological polar surface area (TPSA) is 64.3 Å². The molecule has 5 heteroatoms. The molecule has 1 aliphatic carbocycles. The fraction of sp³-hybridized carbons (Fsp3) is 0.500. The second-order valence-corrected chi connectivity index (χ2v) is 5.23. The van der Waals surface area contributed by atoms with E-state index in [9.17, 15) is 4.79 Å². The zero-order chi connectivity index (χ0) is 13.7. The maximum Gasteiger partial charge on any atom is 0.250 e. The number of hydrogen-bond donors (Lipinski definition) is 2. The average molecular weight is 283 g/mol. The van der Waals surface area contributed by atoms with Crippen LogP contribution < -0.4 is 11.1 Å². The van der Waals surface area contributed by atoms with E-state index in [-0.39, 0.29) is 24.7 Å². The summed E-state index contributed by atoms with van der Waals surface area (Å²) in [4.78, 5) is 11.8. The monoisotopic (exact) mass is 282 g/mol. The number of carbonyl (C=O) groups excluding carboxylic acids is 1. The van der Waals surface area contributed by atoms with Crippen LogP contribution in [0.2, 0.25) is 5.02 Å². The molecule has 0 heterocycles. The van der Waals surface area contributed by atoms with Crippen molar-refractivity contribution in [2.24, 2.45) is 5.73 Å². The van der Waals surface area contributed by atoms with Crippen LogP contribution in [0, 0.1) is 0 Å². The van der Waals surface area contributed by atoms with Crippen LogP contribution in [0.3, 0.4) is 0 Å². The quantitative estimate of drug-likeness (QED) is 0.892. The molecular weight excluding hydrogens is 264 g/mol. The number of benzene rings is 1. The van der Waals surface area contributed by atoms with Gasteiger partial charge in [-0.2, -0.15) is 0 Å². The summed E-state index contributed by atoms with van der Waals surface area (Å²) in [5, 5.41) is 3.25. The zero-order valence-electron chi connectivity index (χ0n) is 10.8. The zero-order valence-corrected chi connectivity index (χ0v) is 11.5. The number of carbonyl (C=O) groups is 1. The smallest absolute Gasteiger partial charge is 0.250 e. The number of ether oxygens (including phenoxy) is 1. The molecule has 2 rings (SSSR count). The fourth-order valence-corrected chi connectivity index (χ4v) is 2.45. The molecule has 0 bridgehead atoms. The second-order valence-electron chi connectivity index (χ2n) is 4.83. The molecule has 1 aliphatic rings. The van der Waals surface area contributed by atoms with Crippen molar-refractivity contribution in [1.29, 1.82) is 0 Å². The standard InChI is InChI=1S/C14H19ClN2O2/c15-10-5-1-3-7-12(10)17-14(18)9-19-13-8-4-2-6-11(13)16/h1,3,5,7,11,13H,2,4,6,8-9,16H2,(H,17,18). The van der Waals surface area contributed by atoms with E-state index < -0.39 is 0 Å². The molecule has 2 unspecified atom stereocenters. The molecule has 1 aromatic rings. The summed E-state index contributed by atoms with van der Waals surface area (Å²) in [6, 6.07) is 7.17. The van der Waals surface area contributed by atoms with Crippen molar-refractivity contribution in [3.8, 4) is 0 Å². The third kappa shape index (κ3) is 4.20. The lowest BCUT2D eigenvalue weighted by atomic mass is 9.93. The van der Waals surface area contributed by atoms with Crippen molar-refractivity contribution in [3.05, 3.63) is 29.3 Å². The van der Waals surface area contributed by atoms with Crippen LogP contribution in [0.1, 0.15) is 25.7 Å². The van der Waals surface area contributed by atoms with Crippen LogP contribution in [-0.2, 0) is 9.53 Å². The molecule has 1 saturated carbocycles. The molecular formula is C14H19ClN2O2. The van der Waals surface area contributed by atoms with Crippen LogP contribution in [0.25, 0.3) is 0 Å². The van der Waals surface area contributed by atoms with Gasteiger partial charge in [-0.3, -0.25) is 4.79 Å². The Morgan fingerprint density at radius 2 is 2.11 bits per heavy atom. The Hall–Kier alpha value is -1.10. The highest BCUT2D eigenvalue weighted by Gasteiger charge is 2.23. The average Bonchev–Trinajstić information content (AvgIpc) is 2.40. The maximum atomic E-state index is 11.8. The van der Waals surface area contributed by atoms with Gasteiger partial charge in [0.15, 0.2) is 0 Å². The van der Waals surface area contributed by atoms with Gasteiger partial charge in [0.1, 0.15) is 6.61 Å². The summed E-state index contributed by atoms with van der Waals surface area (Å²) in [7, 11) is 0. The van der Waals surface area contributed by atoms with E-state index in [1.54, 1.807) is 12.1 Å². The first-order chi connectivity index (χ1) is 9.16. The van der Waals surface area contributed by atoms with E-state index in [2.05, 4.69) is 5.32 Å². The van der Waals surface area contributed by atoms with Gasteiger partial charge < -0.3 is 15.8 Å². The second kappa shape index (κ2) is 6.89. The molecule has 104 valence electrons. The van der Waals surface area contributed by atoms with Gasteiger partial charge in [0, 0.05) is 6.04 Å². The Morgan fingerprint density at radius 3 is 2.84 bits per heavy atom. The summed E-state index contributed by atoms with van der Waals surface area (Å²) in [5.74, 6) is -0.203. The molecule has 0 radical (unpaired) electrons. The number of para-hydroxylation sites is 1. The number of nitrogens with one attached hydrogen (secondary N) is 1. The summed E-state index contributed by atoms with van der Waals surface area (Å²) in [6.45, 7) is 0.0175. The third-order valence-electron chi connectivity index (χ3n) is 3.33. The van der Waals surface area contributed by atoms with E-state index in [0.717, 1.165) is 25.7 Å². The van der Waals surface area contributed by atoms with E-state index in [4.69, 9.17) is 22.1 Å². The van der Waals surface area contributed by atoms with Crippen LogP contribution in [0.5, 0.6) is 0 Å². The van der Waals surface area contributed by atoms with E-state index in [0.29, 0.717) is 10.7 Å². The molecule has 0 aromatic heterocycles. The van der Waals surface area contributed by atoms with E-state index in [1.807, 2.05) is 12.1 Å². The highest BCUT2D eigenvalue weighted by atomic mass is 35.5. The first-order valence-corrected chi connectivity index (χ1v) is 6.96. The molecule has 3 N–H and O–H groups in total. The van der Waals surface area contributed by atoms with Gasteiger partial charge in [-0.25, -0.2) is 0 Å². The number of halogens is 1. The van der Waals surface area contributed by atoms with E-state index in [1.165, 1.54) is 0 Å². The molecule has 1 fully saturated rings. The molecule has 0 saturated heterocycles. The van der Waals surface area contributed by atoms with Crippen LogP contribution in [-0.4, -0.2) is 24.7 Å². The van der Waals surface area contributed by atoms with Crippen molar-refractivity contribution < 1.29 is 9.53 Å². The third-order valence-corrected chi connectivity index (χ3v) is 3.66. The fourth-order valence-electron chi connectivity index (χ4n) is 2.26. The maximum absolute atomic E-state index is 11.8. The van der Waals surface area contributed by atoms with Gasteiger partial charge in [-0.15, -0.1) is 0 Å². The number of nitrogens with two attached hydrogens (primary N) is 1. The van der Waals surface area contributed by atoms with Crippen LogP contribution >= 0.6 is 11.6 Å². The molecule has 1 amide bonds. The van der Waals surface area contributed by atoms with Gasteiger partial charge in [-0.1, -0.05) is 36.6 Å². The van der Waals surface area contributed by atoms with Crippen molar-refractivity contribution >= 4 is 23.2 Å². The Bertz CT molecular complexity index is 439. The summed E-state index contributed by atoms with van der Waals surface area (Å²) in [5.41, 5.74) is 6.57. The van der Waals surface area contributed by atoms with Crippen molar-refractivity contribution in [3.63, 3.8) is 0 Å². The lowest BCUT2D eigenvalue weighted by Gasteiger charge is -2.28. The molecule has 4 nitrogen and oxygen atoms in total. The van der Waals surface area contributed by atoms with Gasteiger partial charge >= 0.3 is 0 Å². The Kier molecular flexibility index (Phi) is 5.19.